The van der Waals surface area contributed by atoms with Crippen LogP contribution in [0.5, 0.6) is 0 Å². The van der Waals surface area contributed by atoms with Gasteiger partial charge in [-0.2, -0.15) is 0 Å². The van der Waals surface area contributed by atoms with E-state index < -0.39 is 5.97 Å². The molecule has 0 aromatic heterocycles. The van der Waals surface area contributed by atoms with Gasteiger partial charge in [-0.1, -0.05) is 6.08 Å². The Morgan fingerprint density at radius 1 is 0.842 bits per heavy atom. The zero-order valence-corrected chi connectivity index (χ0v) is 13.1. The summed E-state index contributed by atoms with van der Waals surface area (Å²) in [6.07, 6.45) is 1.56. The van der Waals surface area contributed by atoms with Crippen molar-refractivity contribution < 1.29 is 30.3 Å². The molecule has 19 heavy (non-hydrogen) atoms. The topological polar surface area (TPSA) is 118 Å². The van der Waals surface area contributed by atoms with Crippen LogP contribution in [0.3, 0.4) is 0 Å². The minimum absolute atomic E-state index is 0.250. The predicted octanol–water partition coefficient (Wildman–Crippen LogP) is 1.03. The van der Waals surface area contributed by atoms with Crippen LogP contribution in [-0.2, 0) is 4.79 Å². The van der Waals surface area contributed by atoms with Crippen molar-refractivity contribution in [1.82, 2.24) is 0 Å². The van der Waals surface area contributed by atoms with E-state index in [1.54, 1.807) is 47.6 Å². The molecule has 6 heteroatoms. The summed E-state index contributed by atoms with van der Waals surface area (Å²) < 4.78 is 0. The molecule has 0 aliphatic carbocycles. The van der Waals surface area contributed by atoms with Crippen LogP contribution in [-0.4, -0.2) is 57.9 Å². The Hall–Kier alpha value is -0.950. The van der Waals surface area contributed by atoms with Gasteiger partial charge in [0.2, 0.25) is 0 Å². The van der Waals surface area contributed by atoms with Crippen LogP contribution in [0.25, 0.3) is 0 Å². The van der Waals surface area contributed by atoms with Crippen molar-refractivity contribution >= 4 is 5.97 Å². The highest BCUT2D eigenvalue weighted by molar-refractivity contribution is 5.85. The van der Waals surface area contributed by atoms with Gasteiger partial charge in [0.25, 0.3) is 0 Å². The predicted molar refractivity (Wildman–Crippen MR) is 78.1 cm³/mol. The Labute approximate surface area is 117 Å². The minimum Gasteiger partial charge on any atom is -0.478 e. The van der Waals surface area contributed by atoms with E-state index in [9.17, 15) is 4.79 Å². The van der Waals surface area contributed by atoms with E-state index in [4.69, 9.17) is 25.5 Å². The highest BCUT2D eigenvalue weighted by atomic mass is 16.4. The zero-order chi connectivity index (χ0) is 16.7. The molecule has 0 rings (SSSR count). The van der Waals surface area contributed by atoms with Gasteiger partial charge in [0.1, 0.15) is 0 Å². The van der Waals surface area contributed by atoms with Crippen molar-refractivity contribution in [3.8, 4) is 0 Å². The lowest BCUT2D eigenvalue weighted by molar-refractivity contribution is -0.132. The smallest absolute Gasteiger partial charge is 0.330 e. The second-order valence-corrected chi connectivity index (χ2v) is 2.54. The molecule has 0 bridgehead atoms. The Balaban J connectivity index is -0.0000000467. The first-order valence-corrected chi connectivity index (χ1v) is 6.14. The normalized spacial score (nSPS) is 8.00. The highest BCUT2D eigenvalue weighted by Crippen LogP contribution is 1.87. The minimum atomic E-state index is -0.845. The number of aliphatic hydroxyl groups excluding tert-OH is 4. The average molecular weight is 284 g/mol. The number of aliphatic hydroxyl groups is 4. The molecule has 0 amide bonds. The Bertz CT molecular complexity index is 149. The molecule has 0 aromatic rings. The van der Waals surface area contributed by atoms with Crippen LogP contribution in [0.4, 0.5) is 0 Å². The molecule has 0 heterocycles. The van der Waals surface area contributed by atoms with Crippen LogP contribution < -0.4 is 0 Å². The Kier molecular flexibility index (Phi) is 70.5. The van der Waals surface area contributed by atoms with E-state index in [0.717, 1.165) is 0 Å². The molecule has 0 saturated heterocycles. The standard InChI is InChI=1S/C5H8O2.4C2H6O/c1-3-4(2)5(6)7;4*1-2-3/h3H,1-2H3,(H,6,7);4*3H,2H2,1H3. The van der Waals surface area contributed by atoms with E-state index >= 15 is 0 Å². The molecule has 6 nitrogen and oxygen atoms in total. The van der Waals surface area contributed by atoms with Crippen molar-refractivity contribution in [1.29, 1.82) is 0 Å². The SMILES string of the molecule is CC=C(C)C(=O)O.CCO.CCO.CCO.CCO. The van der Waals surface area contributed by atoms with E-state index in [-0.39, 0.29) is 26.4 Å². The number of hydrogen-bond acceptors (Lipinski definition) is 5. The molecular weight excluding hydrogens is 252 g/mol. The fourth-order valence-electron chi connectivity index (χ4n) is 0.123. The first-order valence-electron chi connectivity index (χ1n) is 6.14. The number of hydrogen-bond donors (Lipinski definition) is 5. The van der Waals surface area contributed by atoms with Crippen LogP contribution in [0.15, 0.2) is 11.6 Å². The number of carbonyl (C=O) groups is 1. The van der Waals surface area contributed by atoms with Gasteiger partial charge < -0.3 is 25.5 Å². The maximum absolute atomic E-state index is 9.86. The third-order valence-corrected chi connectivity index (χ3v) is 0.770. The number of carboxylic acid groups (broad SMARTS) is 1. The molecule has 0 radical (unpaired) electrons. The summed E-state index contributed by atoms with van der Waals surface area (Å²) in [5, 5.41) is 38.4. The number of aliphatic carboxylic acids is 1. The third kappa shape index (κ3) is 151. The molecule has 120 valence electrons. The lowest BCUT2D eigenvalue weighted by Crippen LogP contribution is -1.93. The van der Waals surface area contributed by atoms with Crippen molar-refractivity contribution in [2.45, 2.75) is 41.5 Å². The molecule has 0 fully saturated rings. The molecule has 0 unspecified atom stereocenters. The monoisotopic (exact) mass is 284 g/mol. The molecule has 0 atom stereocenters. The van der Waals surface area contributed by atoms with Crippen molar-refractivity contribution in [2.75, 3.05) is 26.4 Å². The summed E-state index contributed by atoms with van der Waals surface area (Å²) in [6, 6.07) is 0. The van der Waals surface area contributed by atoms with Crippen LogP contribution in [0.2, 0.25) is 0 Å². The summed E-state index contributed by atoms with van der Waals surface area (Å²) in [5.41, 5.74) is 0.389. The van der Waals surface area contributed by atoms with Crippen molar-refractivity contribution in [3.05, 3.63) is 11.6 Å². The zero-order valence-electron chi connectivity index (χ0n) is 13.1. The summed E-state index contributed by atoms with van der Waals surface area (Å²) >= 11 is 0. The fourth-order valence-corrected chi connectivity index (χ4v) is 0.123. The van der Waals surface area contributed by atoms with Crippen molar-refractivity contribution in [3.63, 3.8) is 0 Å². The van der Waals surface area contributed by atoms with E-state index in [1.807, 2.05) is 0 Å². The summed E-state index contributed by atoms with van der Waals surface area (Å²) in [5.74, 6) is -0.845. The van der Waals surface area contributed by atoms with Crippen LogP contribution in [0.1, 0.15) is 41.5 Å². The first-order chi connectivity index (χ1) is 8.84. The Morgan fingerprint density at radius 3 is 1.00 bits per heavy atom. The van der Waals surface area contributed by atoms with E-state index in [2.05, 4.69) is 0 Å². The molecule has 0 spiro atoms. The lowest BCUT2D eigenvalue weighted by Gasteiger charge is -1.84. The summed E-state index contributed by atoms with van der Waals surface area (Å²) in [7, 11) is 0. The van der Waals surface area contributed by atoms with Gasteiger partial charge in [0.15, 0.2) is 0 Å². The number of allylic oxidation sites excluding steroid dienone is 1. The first kappa shape index (κ1) is 30.8. The van der Waals surface area contributed by atoms with Gasteiger partial charge in [0, 0.05) is 32.0 Å². The van der Waals surface area contributed by atoms with Gasteiger partial charge in [-0.15, -0.1) is 0 Å². The molecule has 0 aliphatic heterocycles. The molecule has 0 aliphatic rings. The fraction of sp³-hybridized carbons (Fsp3) is 0.769. The second-order valence-electron chi connectivity index (χ2n) is 2.54. The number of carboxylic acids is 1. The van der Waals surface area contributed by atoms with Gasteiger partial charge >= 0.3 is 5.97 Å². The Morgan fingerprint density at radius 2 is 1.00 bits per heavy atom. The highest BCUT2D eigenvalue weighted by Gasteiger charge is 1.93. The maximum atomic E-state index is 9.86. The third-order valence-electron chi connectivity index (χ3n) is 0.770. The van der Waals surface area contributed by atoms with E-state index in [0.29, 0.717) is 5.57 Å². The molecule has 0 saturated carbocycles. The van der Waals surface area contributed by atoms with Gasteiger partial charge in [0.05, 0.1) is 0 Å². The number of rotatable bonds is 1. The molecular formula is C13H32O6. The molecule has 0 aromatic carbocycles. The largest absolute Gasteiger partial charge is 0.478 e. The van der Waals surface area contributed by atoms with Crippen LogP contribution >= 0.6 is 0 Å². The van der Waals surface area contributed by atoms with Gasteiger partial charge in [-0.05, 0) is 41.5 Å². The van der Waals surface area contributed by atoms with Crippen LogP contribution in [0, 0.1) is 0 Å². The van der Waals surface area contributed by atoms with E-state index in [1.165, 1.54) is 0 Å². The lowest BCUT2D eigenvalue weighted by atomic mass is 10.3. The second kappa shape index (κ2) is 43.5. The summed E-state index contributed by atoms with van der Waals surface area (Å²) in [4.78, 5) is 9.86. The average Bonchev–Trinajstić information content (AvgIpc) is 2.32. The molecule has 5 N–H and O–H groups in total. The maximum Gasteiger partial charge on any atom is 0.330 e. The van der Waals surface area contributed by atoms with Gasteiger partial charge in [-0.3, -0.25) is 0 Å². The quantitative estimate of drug-likeness (QED) is 0.459. The van der Waals surface area contributed by atoms with Crippen molar-refractivity contribution in [2.24, 2.45) is 0 Å². The summed E-state index contributed by atoms with van der Waals surface area (Å²) in [6.45, 7) is 11.0. The van der Waals surface area contributed by atoms with Gasteiger partial charge in [-0.25, -0.2) is 4.79 Å².